The van der Waals surface area contributed by atoms with Crippen molar-refractivity contribution < 1.29 is 17.9 Å². The zero-order chi connectivity index (χ0) is 15.3. The lowest BCUT2D eigenvalue weighted by Gasteiger charge is -2.18. The van der Waals surface area contributed by atoms with E-state index in [0.29, 0.717) is 24.4 Å². The summed E-state index contributed by atoms with van der Waals surface area (Å²) >= 11 is 0. The van der Waals surface area contributed by atoms with Crippen LogP contribution < -0.4 is 4.74 Å². The molecule has 0 aliphatic rings. The number of amides is 1. The van der Waals surface area contributed by atoms with E-state index in [1.54, 1.807) is 17.9 Å². The Bertz CT molecular complexity index is 582. The van der Waals surface area contributed by atoms with Gasteiger partial charge in [0.05, 0.1) is 4.90 Å². The number of aryl methyl sites for hydroxylation is 1. The molecule has 0 saturated heterocycles. The van der Waals surface area contributed by atoms with Crippen molar-refractivity contribution >= 4 is 25.6 Å². The number of ether oxygens (including phenoxy) is 1. The molecule has 1 aromatic rings. The maximum absolute atomic E-state index is 11.8. The van der Waals surface area contributed by atoms with E-state index >= 15 is 0 Å². The third kappa shape index (κ3) is 4.38. The van der Waals surface area contributed by atoms with E-state index in [1.807, 2.05) is 13.8 Å². The molecule has 1 amide bonds. The zero-order valence-corrected chi connectivity index (χ0v) is 13.3. The fraction of sp³-hybridized carbons (Fsp3) is 0.462. The molecule has 0 aliphatic carbocycles. The number of carbonyl (C=O) groups excluding carboxylic acids is 1. The van der Waals surface area contributed by atoms with Crippen LogP contribution in [0.4, 0.5) is 0 Å². The minimum Gasteiger partial charge on any atom is -0.484 e. The van der Waals surface area contributed by atoms with Gasteiger partial charge < -0.3 is 9.64 Å². The van der Waals surface area contributed by atoms with E-state index in [0.717, 1.165) is 0 Å². The Morgan fingerprint density at radius 1 is 1.30 bits per heavy atom. The summed E-state index contributed by atoms with van der Waals surface area (Å²) in [6.45, 7) is 6.59. The Morgan fingerprint density at radius 2 is 1.90 bits per heavy atom. The van der Waals surface area contributed by atoms with Crippen LogP contribution in [0.15, 0.2) is 23.1 Å². The van der Waals surface area contributed by atoms with E-state index in [4.69, 9.17) is 15.4 Å². The third-order valence-corrected chi connectivity index (χ3v) is 4.37. The number of benzene rings is 1. The molecule has 0 fully saturated rings. The monoisotopic (exact) mass is 319 g/mol. The molecule has 5 nitrogen and oxygen atoms in total. The molecule has 0 spiro atoms. The topological polar surface area (TPSA) is 63.7 Å². The van der Waals surface area contributed by atoms with Gasteiger partial charge in [-0.3, -0.25) is 4.79 Å². The lowest BCUT2D eigenvalue weighted by molar-refractivity contribution is -0.132. The molecular weight excluding hydrogens is 302 g/mol. The first kappa shape index (κ1) is 16.8. The average Bonchev–Trinajstić information content (AvgIpc) is 2.36. The molecule has 0 saturated carbocycles. The Hall–Kier alpha value is -1.27. The fourth-order valence-electron chi connectivity index (χ4n) is 1.80. The Balaban J connectivity index is 2.76. The Labute approximate surface area is 123 Å². The van der Waals surface area contributed by atoms with Gasteiger partial charge in [-0.2, -0.15) is 0 Å². The van der Waals surface area contributed by atoms with Gasteiger partial charge in [-0.25, -0.2) is 8.42 Å². The predicted octanol–water partition coefficient (Wildman–Crippen LogP) is 2.17. The number of likely N-dealkylation sites (N-methyl/N-ethyl adjacent to an activating group) is 1. The van der Waals surface area contributed by atoms with Crippen LogP contribution in [-0.4, -0.2) is 38.9 Å². The standard InChI is InChI=1S/C13H18ClNO4S/c1-4-15(5-2)13(16)9-19-11-6-7-12(10(3)8-11)20(14,17)18/h6-8H,4-5,9H2,1-3H3. The first-order valence-corrected chi connectivity index (χ1v) is 8.56. The number of nitrogens with zero attached hydrogens (tertiary/aromatic N) is 1. The number of rotatable bonds is 6. The maximum atomic E-state index is 11.8. The molecular formula is C13H18ClNO4S. The van der Waals surface area contributed by atoms with Gasteiger partial charge in [-0.15, -0.1) is 0 Å². The quantitative estimate of drug-likeness (QED) is 0.754. The summed E-state index contributed by atoms with van der Waals surface area (Å²) in [5.74, 6) is 0.328. The van der Waals surface area contributed by atoms with E-state index < -0.39 is 9.05 Å². The van der Waals surface area contributed by atoms with Crippen molar-refractivity contribution in [1.29, 1.82) is 0 Å². The Morgan fingerprint density at radius 3 is 2.35 bits per heavy atom. The molecule has 0 heterocycles. The van der Waals surface area contributed by atoms with Crippen molar-refractivity contribution in [2.24, 2.45) is 0 Å². The van der Waals surface area contributed by atoms with Crippen LogP contribution in [-0.2, 0) is 13.8 Å². The van der Waals surface area contributed by atoms with Gasteiger partial charge in [0.2, 0.25) is 0 Å². The van der Waals surface area contributed by atoms with Crippen LogP contribution in [0.2, 0.25) is 0 Å². The van der Waals surface area contributed by atoms with Crippen molar-refractivity contribution in [3.8, 4) is 5.75 Å². The van der Waals surface area contributed by atoms with Crippen LogP contribution in [0.3, 0.4) is 0 Å². The molecule has 7 heteroatoms. The predicted molar refractivity (Wildman–Crippen MR) is 77.6 cm³/mol. The summed E-state index contributed by atoms with van der Waals surface area (Å²) in [7, 11) is 1.53. The van der Waals surface area contributed by atoms with Crippen molar-refractivity contribution in [2.45, 2.75) is 25.7 Å². The molecule has 0 aromatic heterocycles. The highest BCUT2D eigenvalue weighted by Gasteiger charge is 2.15. The lowest BCUT2D eigenvalue weighted by Crippen LogP contribution is -2.34. The van der Waals surface area contributed by atoms with E-state index in [9.17, 15) is 13.2 Å². The van der Waals surface area contributed by atoms with Crippen LogP contribution >= 0.6 is 10.7 Å². The van der Waals surface area contributed by atoms with Crippen LogP contribution in [0, 0.1) is 6.92 Å². The summed E-state index contributed by atoms with van der Waals surface area (Å²) in [6, 6.07) is 4.40. The largest absolute Gasteiger partial charge is 0.484 e. The van der Waals surface area contributed by atoms with Crippen LogP contribution in [0.5, 0.6) is 5.75 Å². The zero-order valence-electron chi connectivity index (χ0n) is 11.7. The molecule has 112 valence electrons. The summed E-state index contributed by atoms with van der Waals surface area (Å²) in [4.78, 5) is 13.5. The lowest BCUT2D eigenvalue weighted by atomic mass is 10.2. The minimum atomic E-state index is -3.76. The van der Waals surface area contributed by atoms with Crippen LogP contribution in [0.25, 0.3) is 0 Å². The number of carbonyl (C=O) groups is 1. The van der Waals surface area contributed by atoms with Crippen molar-refractivity contribution in [1.82, 2.24) is 4.90 Å². The summed E-state index contributed by atoms with van der Waals surface area (Å²) in [5, 5.41) is 0. The molecule has 0 atom stereocenters. The van der Waals surface area contributed by atoms with Gasteiger partial charge in [-0.05, 0) is 44.5 Å². The van der Waals surface area contributed by atoms with E-state index in [2.05, 4.69) is 0 Å². The van der Waals surface area contributed by atoms with Gasteiger partial charge >= 0.3 is 0 Å². The summed E-state index contributed by atoms with van der Waals surface area (Å²) < 4.78 is 27.9. The van der Waals surface area contributed by atoms with Gasteiger partial charge in [0.25, 0.3) is 15.0 Å². The first-order valence-electron chi connectivity index (χ1n) is 6.25. The first-order chi connectivity index (χ1) is 9.29. The summed E-state index contributed by atoms with van der Waals surface area (Å²) in [6.07, 6.45) is 0. The second-order valence-corrected chi connectivity index (χ2v) is 6.75. The van der Waals surface area contributed by atoms with Gasteiger partial charge in [0, 0.05) is 23.8 Å². The molecule has 0 radical (unpaired) electrons. The van der Waals surface area contributed by atoms with E-state index in [-0.39, 0.29) is 17.4 Å². The fourth-order valence-corrected chi connectivity index (χ4v) is 2.99. The molecule has 0 bridgehead atoms. The molecule has 1 rings (SSSR count). The number of hydrogen-bond donors (Lipinski definition) is 0. The van der Waals surface area contributed by atoms with Crippen molar-refractivity contribution in [3.05, 3.63) is 23.8 Å². The second-order valence-electron chi connectivity index (χ2n) is 4.22. The second kappa shape index (κ2) is 6.95. The molecule has 0 N–H and O–H groups in total. The van der Waals surface area contributed by atoms with Gasteiger partial charge in [0.15, 0.2) is 6.61 Å². The smallest absolute Gasteiger partial charge is 0.261 e. The molecule has 0 unspecified atom stereocenters. The highest BCUT2D eigenvalue weighted by molar-refractivity contribution is 8.13. The number of halogens is 1. The number of hydrogen-bond acceptors (Lipinski definition) is 4. The normalized spacial score (nSPS) is 11.2. The Kier molecular flexibility index (Phi) is 5.83. The maximum Gasteiger partial charge on any atom is 0.261 e. The van der Waals surface area contributed by atoms with Gasteiger partial charge in [-0.1, -0.05) is 0 Å². The third-order valence-electron chi connectivity index (χ3n) is 2.89. The summed E-state index contributed by atoms with van der Waals surface area (Å²) in [5.41, 5.74) is 0.479. The molecule has 0 aliphatic heterocycles. The van der Waals surface area contributed by atoms with E-state index in [1.165, 1.54) is 12.1 Å². The van der Waals surface area contributed by atoms with Crippen molar-refractivity contribution in [2.75, 3.05) is 19.7 Å². The highest BCUT2D eigenvalue weighted by atomic mass is 35.7. The molecule has 1 aromatic carbocycles. The SMILES string of the molecule is CCN(CC)C(=O)COc1ccc(S(=O)(=O)Cl)c(C)c1. The van der Waals surface area contributed by atoms with Crippen molar-refractivity contribution in [3.63, 3.8) is 0 Å². The van der Waals surface area contributed by atoms with Gasteiger partial charge in [0.1, 0.15) is 5.75 Å². The average molecular weight is 320 g/mol. The van der Waals surface area contributed by atoms with Crippen LogP contribution in [0.1, 0.15) is 19.4 Å². The minimum absolute atomic E-state index is 0.0431. The molecule has 20 heavy (non-hydrogen) atoms. The highest BCUT2D eigenvalue weighted by Crippen LogP contribution is 2.23.